The van der Waals surface area contributed by atoms with Crippen LogP contribution in [0.1, 0.15) is 62.0 Å². The van der Waals surface area contributed by atoms with Crippen molar-refractivity contribution >= 4 is 11.6 Å². The van der Waals surface area contributed by atoms with Gasteiger partial charge in [-0.3, -0.25) is 9.69 Å². The molecule has 30 heavy (non-hydrogen) atoms. The molecule has 0 radical (unpaired) electrons. The predicted molar refractivity (Wildman–Crippen MR) is 119 cm³/mol. The number of amides is 1. The molecule has 0 aromatic carbocycles. The fourth-order valence-corrected chi connectivity index (χ4v) is 4.58. The van der Waals surface area contributed by atoms with Crippen LogP contribution in [0.3, 0.4) is 0 Å². The molecule has 1 saturated heterocycles. The smallest absolute Gasteiger partial charge is 0.259 e. The first kappa shape index (κ1) is 21.2. The largest absolute Gasteiger partial charge is 0.335 e. The molecule has 0 unspecified atom stereocenters. The summed E-state index contributed by atoms with van der Waals surface area (Å²) < 4.78 is 1.70. The van der Waals surface area contributed by atoms with E-state index in [0.29, 0.717) is 23.3 Å². The van der Waals surface area contributed by atoms with Crippen molar-refractivity contribution in [1.29, 1.82) is 0 Å². The van der Waals surface area contributed by atoms with Crippen LogP contribution >= 0.6 is 0 Å². The molecule has 4 rings (SSSR count). The van der Waals surface area contributed by atoms with Crippen molar-refractivity contribution < 1.29 is 4.79 Å². The first-order valence-corrected chi connectivity index (χ1v) is 11.6. The molecule has 0 bridgehead atoms. The van der Waals surface area contributed by atoms with Crippen LogP contribution < -0.4 is 0 Å². The number of nitrogens with zero attached hydrogens (tertiary/aromatic N) is 6. The monoisotopic (exact) mass is 412 g/mol. The topological polar surface area (TPSA) is 57.0 Å². The highest BCUT2D eigenvalue weighted by Gasteiger charge is 2.34. The van der Waals surface area contributed by atoms with Gasteiger partial charge in [-0.1, -0.05) is 6.92 Å². The lowest BCUT2D eigenvalue weighted by atomic mass is 10.1. The van der Waals surface area contributed by atoms with Crippen LogP contribution in [0.2, 0.25) is 0 Å². The van der Waals surface area contributed by atoms with E-state index >= 15 is 0 Å². The molecule has 0 spiro atoms. The number of carbonyl (C=O) groups is 1. The van der Waals surface area contributed by atoms with E-state index in [1.807, 2.05) is 19.2 Å². The predicted octanol–water partition coefficient (Wildman–Crippen LogP) is 2.84. The highest BCUT2D eigenvalue weighted by molar-refractivity contribution is 6.00. The van der Waals surface area contributed by atoms with Crippen LogP contribution in [-0.4, -0.2) is 86.6 Å². The number of aryl methyl sites for hydroxylation is 1. The maximum absolute atomic E-state index is 13.3. The highest BCUT2D eigenvalue weighted by atomic mass is 16.2. The maximum Gasteiger partial charge on any atom is 0.259 e. The van der Waals surface area contributed by atoms with Gasteiger partial charge in [0, 0.05) is 56.7 Å². The van der Waals surface area contributed by atoms with E-state index < -0.39 is 0 Å². The zero-order valence-electron chi connectivity index (χ0n) is 18.8. The van der Waals surface area contributed by atoms with Crippen molar-refractivity contribution in [3.05, 3.63) is 29.7 Å². The van der Waals surface area contributed by atoms with Crippen molar-refractivity contribution in [2.75, 3.05) is 39.3 Å². The Balaban J connectivity index is 1.32. The summed E-state index contributed by atoms with van der Waals surface area (Å²) in [5.74, 6) is 0.0893. The summed E-state index contributed by atoms with van der Waals surface area (Å²) in [4.78, 5) is 25.1. The van der Waals surface area contributed by atoms with Crippen molar-refractivity contribution in [2.24, 2.45) is 0 Å². The van der Waals surface area contributed by atoms with Gasteiger partial charge in [0.1, 0.15) is 5.56 Å². The molecule has 164 valence electrons. The van der Waals surface area contributed by atoms with Crippen molar-refractivity contribution in [1.82, 2.24) is 29.3 Å². The standard InChI is InChI=1S/C23H36N6O/c1-4-10-26-13-15-27(16-14-26)19(3)6-5-11-28(20-7-8-20)23(30)21-17-24-29-12-9-18(2)25-22(21)29/h9,12,17,19-20H,4-8,10-11,13-16H2,1-3H3/t19-/m0/s1. The fourth-order valence-electron chi connectivity index (χ4n) is 4.58. The van der Waals surface area contributed by atoms with E-state index in [1.165, 1.54) is 39.1 Å². The molecule has 7 heteroatoms. The summed E-state index contributed by atoms with van der Waals surface area (Å²) in [5.41, 5.74) is 2.21. The molecular formula is C23H36N6O. The van der Waals surface area contributed by atoms with Crippen molar-refractivity contribution in [3.63, 3.8) is 0 Å². The van der Waals surface area contributed by atoms with E-state index in [2.05, 4.69) is 38.6 Å². The average molecular weight is 413 g/mol. The average Bonchev–Trinajstić information content (AvgIpc) is 3.50. The van der Waals surface area contributed by atoms with Crippen LogP contribution in [0.25, 0.3) is 5.65 Å². The lowest BCUT2D eigenvalue weighted by Crippen LogP contribution is -2.49. The molecule has 1 saturated carbocycles. The van der Waals surface area contributed by atoms with Crippen LogP contribution in [0.4, 0.5) is 0 Å². The van der Waals surface area contributed by atoms with E-state index in [4.69, 9.17) is 0 Å². The Hall–Kier alpha value is -1.99. The molecule has 2 aliphatic rings. The molecule has 3 heterocycles. The first-order chi connectivity index (χ1) is 14.6. The van der Waals surface area contributed by atoms with Gasteiger partial charge in [-0.25, -0.2) is 9.50 Å². The minimum atomic E-state index is 0.0893. The fraction of sp³-hybridized carbons (Fsp3) is 0.696. The van der Waals surface area contributed by atoms with Gasteiger partial charge in [-0.2, -0.15) is 5.10 Å². The van der Waals surface area contributed by atoms with Gasteiger partial charge in [0.05, 0.1) is 6.20 Å². The molecule has 2 aromatic rings. The second-order valence-electron chi connectivity index (χ2n) is 8.99. The number of hydrogen-bond donors (Lipinski definition) is 0. The van der Waals surface area contributed by atoms with E-state index in [9.17, 15) is 4.79 Å². The second-order valence-corrected chi connectivity index (χ2v) is 8.99. The van der Waals surface area contributed by atoms with Crippen LogP contribution in [-0.2, 0) is 0 Å². The van der Waals surface area contributed by atoms with Crippen LogP contribution in [0.15, 0.2) is 18.5 Å². The highest BCUT2D eigenvalue weighted by Crippen LogP contribution is 2.29. The van der Waals surface area contributed by atoms with Gasteiger partial charge in [-0.15, -0.1) is 0 Å². The minimum Gasteiger partial charge on any atom is -0.335 e. The lowest BCUT2D eigenvalue weighted by molar-refractivity contribution is 0.0723. The summed E-state index contributed by atoms with van der Waals surface area (Å²) in [7, 11) is 0. The van der Waals surface area contributed by atoms with Crippen molar-refractivity contribution in [2.45, 2.75) is 65.0 Å². The number of hydrogen-bond acceptors (Lipinski definition) is 5. The number of fused-ring (bicyclic) bond motifs is 1. The van der Waals surface area contributed by atoms with E-state index in [-0.39, 0.29) is 5.91 Å². The molecule has 1 amide bonds. The van der Waals surface area contributed by atoms with Crippen LogP contribution in [0, 0.1) is 6.92 Å². The van der Waals surface area contributed by atoms with Crippen molar-refractivity contribution in [3.8, 4) is 0 Å². The Kier molecular flexibility index (Phi) is 6.68. The molecule has 2 fully saturated rings. The van der Waals surface area contributed by atoms with Gasteiger partial charge in [0.25, 0.3) is 5.91 Å². The van der Waals surface area contributed by atoms with E-state index in [1.54, 1.807) is 10.7 Å². The Morgan fingerprint density at radius 2 is 2.03 bits per heavy atom. The summed E-state index contributed by atoms with van der Waals surface area (Å²) in [6.45, 7) is 13.3. The van der Waals surface area contributed by atoms with Gasteiger partial charge >= 0.3 is 0 Å². The zero-order chi connectivity index (χ0) is 21.1. The Bertz CT molecular complexity index is 852. The molecular weight excluding hydrogens is 376 g/mol. The third kappa shape index (κ3) is 4.83. The van der Waals surface area contributed by atoms with Gasteiger partial charge < -0.3 is 9.80 Å². The Morgan fingerprint density at radius 3 is 2.73 bits per heavy atom. The molecule has 1 atom stereocenters. The van der Waals surface area contributed by atoms with E-state index in [0.717, 1.165) is 37.9 Å². The third-order valence-electron chi connectivity index (χ3n) is 6.58. The lowest BCUT2D eigenvalue weighted by Gasteiger charge is -2.38. The molecule has 2 aromatic heterocycles. The Morgan fingerprint density at radius 1 is 1.27 bits per heavy atom. The molecule has 7 nitrogen and oxygen atoms in total. The Labute approximate surface area is 180 Å². The third-order valence-corrected chi connectivity index (χ3v) is 6.58. The number of rotatable bonds is 9. The zero-order valence-corrected chi connectivity index (χ0v) is 18.8. The second kappa shape index (κ2) is 9.43. The number of carbonyl (C=O) groups excluding carboxylic acids is 1. The van der Waals surface area contributed by atoms with Gasteiger partial charge in [0.15, 0.2) is 5.65 Å². The molecule has 1 aliphatic heterocycles. The summed E-state index contributed by atoms with van der Waals surface area (Å²) in [5, 5.41) is 4.33. The number of piperazine rings is 1. The molecule has 0 N–H and O–H groups in total. The summed E-state index contributed by atoms with van der Waals surface area (Å²) in [6.07, 6.45) is 9.21. The van der Waals surface area contributed by atoms with Gasteiger partial charge in [-0.05, 0) is 58.6 Å². The minimum absolute atomic E-state index is 0.0893. The summed E-state index contributed by atoms with van der Waals surface area (Å²) >= 11 is 0. The quantitative estimate of drug-likeness (QED) is 0.634. The first-order valence-electron chi connectivity index (χ1n) is 11.6. The molecule has 1 aliphatic carbocycles. The van der Waals surface area contributed by atoms with Crippen LogP contribution in [0.5, 0.6) is 0 Å². The van der Waals surface area contributed by atoms with Gasteiger partial charge in [0.2, 0.25) is 0 Å². The maximum atomic E-state index is 13.3. The normalized spacial score (nSPS) is 19.3. The number of aromatic nitrogens is 3. The summed E-state index contributed by atoms with van der Waals surface area (Å²) in [6, 6.07) is 2.88. The SMILES string of the molecule is CCCN1CCN([C@@H](C)CCCN(C(=O)c2cnn3ccc(C)nc23)C2CC2)CC1.